The van der Waals surface area contributed by atoms with E-state index in [0.717, 1.165) is 13.3 Å². The highest BCUT2D eigenvalue weighted by molar-refractivity contribution is 7.90. The van der Waals surface area contributed by atoms with Crippen molar-refractivity contribution >= 4 is 56.9 Å². The minimum Gasteiger partial charge on any atom is -0.495 e. The van der Waals surface area contributed by atoms with Crippen molar-refractivity contribution in [3.63, 3.8) is 0 Å². The zero-order valence-corrected chi connectivity index (χ0v) is 18.8. The molecule has 172 valence electrons. The van der Waals surface area contributed by atoms with Gasteiger partial charge < -0.3 is 20.1 Å². The van der Waals surface area contributed by atoms with E-state index in [4.69, 9.17) is 16.3 Å². The zero-order valence-electron chi connectivity index (χ0n) is 17.2. The van der Waals surface area contributed by atoms with E-state index in [1.54, 1.807) is 18.2 Å². The summed E-state index contributed by atoms with van der Waals surface area (Å²) in [4.78, 5) is 18.9. The van der Waals surface area contributed by atoms with Gasteiger partial charge in [-0.3, -0.25) is 0 Å². The van der Waals surface area contributed by atoms with Crippen LogP contribution in [0.15, 0.2) is 58.0 Å². The van der Waals surface area contributed by atoms with Gasteiger partial charge in [0.1, 0.15) is 12.0 Å². The number of nitrogens with zero attached hydrogens (tertiary/aromatic N) is 3. The van der Waals surface area contributed by atoms with Crippen LogP contribution in [0.2, 0.25) is 5.02 Å². The van der Waals surface area contributed by atoms with Gasteiger partial charge in [0.25, 0.3) is 10.0 Å². The second-order valence-electron chi connectivity index (χ2n) is 6.25. The molecule has 2 N–H and O–H groups in total. The Bertz CT molecular complexity index is 1320. The molecule has 0 aliphatic rings. The molecule has 0 unspecified atom stereocenters. The van der Waals surface area contributed by atoms with Gasteiger partial charge in [0.05, 0.1) is 30.3 Å². The molecule has 3 rings (SSSR count). The molecule has 13 heteroatoms. The SMILES string of the molecule is COC(=O)/C=N/S(=O)(=O)c1cccc(Nc2ncc(F)c(Nc3ccc(OC)c(Cl)c3)n2)c1. The van der Waals surface area contributed by atoms with Crippen LogP contribution in [0.1, 0.15) is 0 Å². The quantitative estimate of drug-likeness (QED) is 0.356. The highest BCUT2D eigenvalue weighted by Crippen LogP contribution is 2.29. The van der Waals surface area contributed by atoms with Crippen molar-refractivity contribution < 1.29 is 27.1 Å². The summed E-state index contributed by atoms with van der Waals surface area (Å²) < 4.78 is 51.5. The molecule has 0 atom stereocenters. The van der Waals surface area contributed by atoms with Crippen LogP contribution in [-0.2, 0) is 19.6 Å². The second kappa shape index (κ2) is 10.2. The molecule has 0 saturated carbocycles. The molecule has 2 aromatic carbocycles. The van der Waals surface area contributed by atoms with Gasteiger partial charge in [-0.2, -0.15) is 17.8 Å². The molecular weight excluding hydrogens is 477 g/mol. The molecule has 1 aromatic heterocycles. The Balaban J connectivity index is 1.82. The highest BCUT2D eigenvalue weighted by Gasteiger charge is 2.14. The molecule has 10 nitrogen and oxygen atoms in total. The maximum Gasteiger partial charge on any atom is 0.350 e. The number of carbonyl (C=O) groups is 1. The van der Waals surface area contributed by atoms with Crippen molar-refractivity contribution in [3.05, 3.63) is 59.5 Å². The fourth-order valence-electron chi connectivity index (χ4n) is 2.49. The Morgan fingerprint density at radius 3 is 2.61 bits per heavy atom. The van der Waals surface area contributed by atoms with Crippen LogP contribution < -0.4 is 15.4 Å². The fourth-order valence-corrected chi connectivity index (χ4v) is 3.62. The Morgan fingerprint density at radius 1 is 1.15 bits per heavy atom. The summed E-state index contributed by atoms with van der Waals surface area (Å²) in [5.74, 6) is -1.32. The number of hydrogen-bond donors (Lipinski definition) is 2. The molecular formula is C20H17ClFN5O5S. The van der Waals surface area contributed by atoms with Crippen LogP contribution in [0.5, 0.6) is 5.75 Å². The third-order valence-electron chi connectivity index (χ3n) is 4.04. The molecule has 0 saturated heterocycles. The Hall–Kier alpha value is -3.77. The van der Waals surface area contributed by atoms with Gasteiger partial charge in [-0.15, -0.1) is 0 Å². The number of carbonyl (C=O) groups excluding carboxylic acids is 1. The number of ether oxygens (including phenoxy) is 2. The van der Waals surface area contributed by atoms with E-state index in [2.05, 4.69) is 29.7 Å². The van der Waals surface area contributed by atoms with Crippen molar-refractivity contribution in [1.29, 1.82) is 0 Å². The number of halogens is 2. The minimum absolute atomic E-state index is 0.00822. The van der Waals surface area contributed by atoms with Gasteiger partial charge in [0, 0.05) is 11.4 Å². The first-order chi connectivity index (χ1) is 15.7. The van der Waals surface area contributed by atoms with Crippen molar-refractivity contribution in [2.45, 2.75) is 4.90 Å². The summed E-state index contributed by atoms with van der Waals surface area (Å²) in [5, 5.41) is 5.91. The second-order valence-corrected chi connectivity index (χ2v) is 8.29. The number of rotatable bonds is 8. The van der Waals surface area contributed by atoms with Crippen molar-refractivity contribution in [1.82, 2.24) is 9.97 Å². The molecule has 0 radical (unpaired) electrons. The maximum atomic E-state index is 14.2. The standard InChI is InChI=1S/C20H17ClFN5O5S/c1-31-17-7-6-13(9-15(17)21)25-19-16(22)10-23-20(27-19)26-12-4-3-5-14(8-12)33(29,30)24-11-18(28)32-2/h3-11H,1-2H3,(H2,23,25,26,27)/b24-11+. The van der Waals surface area contributed by atoms with Crippen LogP contribution in [0.25, 0.3) is 0 Å². The molecule has 0 bridgehead atoms. The summed E-state index contributed by atoms with van der Waals surface area (Å²) in [7, 11) is -1.58. The summed E-state index contributed by atoms with van der Waals surface area (Å²) in [6, 6.07) is 10.3. The lowest BCUT2D eigenvalue weighted by atomic mass is 10.3. The zero-order chi connectivity index (χ0) is 24.0. The number of benzene rings is 2. The third kappa shape index (κ3) is 6.14. The third-order valence-corrected chi connectivity index (χ3v) is 5.57. The van der Waals surface area contributed by atoms with Crippen LogP contribution in [0.3, 0.4) is 0 Å². The van der Waals surface area contributed by atoms with E-state index in [1.807, 2.05) is 0 Å². The first-order valence-corrected chi connectivity index (χ1v) is 10.9. The van der Waals surface area contributed by atoms with Gasteiger partial charge in [-0.05, 0) is 36.4 Å². The lowest BCUT2D eigenvalue weighted by Gasteiger charge is -2.11. The van der Waals surface area contributed by atoms with Crippen molar-refractivity contribution in [2.75, 3.05) is 24.9 Å². The fraction of sp³-hybridized carbons (Fsp3) is 0.100. The monoisotopic (exact) mass is 493 g/mol. The van der Waals surface area contributed by atoms with Gasteiger partial charge >= 0.3 is 5.97 Å². The number of anilines is 4. The molecule has 0 aliphatic carbocycles. The molecule has 0 spiro atoms. The van der Waals surface area contributed by atoms with Crippen LogP contribution in [-0.4, -0.2) is 44.8 Å². The van der Waals surface area contributed by atoms with Gasteiger partial charge in [-0.25, -0.2) is 14.2 Å². The Kier molecular flexibility index (Phi) is 7.41. The Labute approximate surface area is 193 Å². The average Bonchev–Trinajstić information content (AvgIpc) is 2.80. The summed E-state index contributed by atoms with van der Waals surface area (Å²) >= 11 is 6.09. The molecule has 0 amide bonds. The van der Waals surface area contributed by atoms with Gasteiger partial charge in [0.15, 0.2) is 11.6 Å². The molecule has 0 aliphatic heterocycles. The predicted molar refractivity (Wildman–Crippen MR) is 121 cm³/mol. The molecule has 3 aromatic rings. The van der Waals surface area contributed by atoms with Crippen molar-refractivity contribution in [3.8, 4) is 5.75 Å². The molecule has 1 heterocycles. The number of aromatic nitrogens is 2. The Morgan fingerprint density at radius 2 is 1.91 bits per heavy atom. The smallest absolute Gasteiger partial charge is 0.350 e. The van der Waals surface area contributed by atoms with E-state index in [-0.39, 0.29) is 22.3 Å². The first kappa shape index (κ1) is 23.9. The van der Waals surface area contributed by atoms with Crippen LogP contribution in [0.4, 0.5) is 27.5 Å². The molecule has 0 fully saturated rings. The summed E-state index contributed by atoms with van der Waals surface area (Å²) in [5.41, 5.74) is 0.746. The largest absolute Gasteiger partial charge is 0.495 e. The van der Waals surface area contributed by atoms with E-state index in [9.17, 15) is 17.6 Å². The lowest BCUT2D eigenvalue weighted by Crippen LogP contribution is -2.06. The number of methoxy groups -OCH3 is 2. The topological polar surface area (TPSA) is 132 Å². The minimum atomic E-state index is -4.15. The summed E-state index contributed by atoms with van der Waals surface area (Å²) in [6.45, 7) is 0. The first-order valence-electron chi connectivity index (χ1n) is 9.10. The van der Waals surface area contributed by atoms with Crippen LogP contribution in [0, 0.1) is 5.82 Å². The maximum absolute atomic E-state index is 14.2. The summed E-state index contributed by atoms with van der Waals surface area (Å²) in [6.07, 6.45) is 1.51. The van der Waals surface area contributed by atoms with Gasteiger partial charge in [0.2, 0.25) is 5.95 Å². The highest BCUT2D eigenvalue weighted by atomic mass is 35.5. The normalized spacial score (nSPS) is 11.3. The average molecular weight is 494 g/mol. The number of sulfonamides is 1. The van der Waals surface area contributed by atoms with Gasteiger partial charge in [-0.1, -0.05) is 17.7 Å². The van der Waals surface area contributed by atoms with E-state index >= 15 is 0 Å². The van der Waals surface area contributed by atoms with E-state index < -0.39 is 21.8 Å². The number of esters is 1. The van der Waals surface area contributed by atoms with E-state index in [0.29, 0.717) is 22.7 Å². The lowest BCUT2D eigenvalue weighted by molar-refractivity contribution is -0.132. The van der Waals surface area contributed by atoms with Crippen molar-refractivity contribution in [2.24, 2.45) is 4.40 Å². The molecule has 33 heavy (non-hydrogen) atoms. The van der Waals surface area contributed by atoms with E-state index in [1.165, 1.54) is 31.4 Å². The number of nitrogens with one attached hydrogen (secondary N) is 2. The number of hydrogen-bond acceptors (Lipinski definition) is 9. The predicted octanol–water partition coefficient (Wildman–Crippen LogP) is 3.70. The van der Waals surface area contributed by atoms with Crippen LogP contribution >= 0.6 is 11.6 Å².